The maximum atomic E-state index is 12.3. The van der Waals surface area contributed by atoms with Gasteiger partial charge in [-0.2, -0.15) is 12.8 Å². The van der Waals surface area contributed by atoms with Crippen molar-refractivity contribution in [3.63, 3.8) is 0 Å². The van der Waals surface area contributed by atoms with Crippen LogP contribution in [0.1, 0.15) is 6.92 Å². The second kappa shape index (κ2) is 2.51. The van der Waals surface area contributed by atoms with E-state index in [-0.39, 0.29) is 6.92 Å². The number of halogens is 3. The third kappa shape index (κ3) is 1.98. The summed E-state index contributed by atoms with van der Waals surface area (Å²) in [6.45, 7) is 0.252. The summed E-state index contributed by atoms with van der Waals surface area (Å²) in [7, 11) is -5.58. The molecule has 2 atom stereocenters. The largest absolute Gasteiger partial charge is 0.381 e. The normalized spacial score (nSPS) is 23.8. The Balaban J connectivity index is 5.08. The van der Waals surface area contributed by atoms with Gasteiger partial charge in [0.25, 0.3) is 5.13 Å². The van der Waals surface area contributed by atoms with Gasteiger partial charge in [0.1, 0.15) is 0 Å². The van der Waals surface area contributed by atoms with Gasteiger partial charge in [0.05, 0.1) is 0 Å². The van der Waals surface area contributed by atoms with Crippen molar-refractivity contribution in [2.75, 3.05) is 0 Å². The van der Waals surface area contributed by atoms with E-state index in [0.717, 1.165) is 0 Å². The molecule has 68 valence electrons. The highest BCUT2D eigenvalue weighted by molar-refractivity contribution is 7.87. The Morgan fingerprint density at radius 1 is 1.45 bits per heavy atom. The smallest absolute Gasteiger partial charge is 0.345 e. The molecule has 0 aliphatic heterocycles. The highest BCUT2D eigenvalue weighted by Crippen LogP contribution is 2.35. The number of alkyl halides is 3. The lowest BCUT2D eigenvalue weighted by molar-refractivity contribution is -0.0887. The zero-order chi connectivity index (χ0) is 9.50. The van der Waals surface area contributed by atoms with E-state index in [9.17, 15) is 17.2 Å². The third-order valence-corrected chi connectivity index (χ3v) is 2.31. The van der Waals surface area contributed by atoms with Gasteiger partial charge in [-0.25, -0.2) is 4.39 Å². The molecule has 0 aromatic rings. The minimum Gasteiger partial charge on any atom is -0.345 e. The Morgan fingerprint density at radius 2 is 1.73 bits per heavy atom. The minimum atomic E-state index is -5.58. The van der Waals surface area contributed by atoms with Gasteiger partial charge in [-0.05, 0) is 6.92 Å². The molecule has 0 radical (unpaired) electrons. The summed E-state index contributed by atoms with van der Waals surface area (Å²) in [5.41, 5.74) is 0. The van der Waals surface area contributed by atoms with Crippen molar-refractivity contribution in [1.29, 1.82) is 0 Å². The molecule has 0 saturated heterocycles. The van der Waals surface area contributed by atoms with E-state index < -0.39 is 20.4 Å². The van der Waals surface area contributed by atoms with Crippen molar-refractivity contribution >= 4 is 21.7 Å². The van der Waals surface area contributed by atoms with E-state index in [2.05, 4.69) is 11.6 Å². The molecule has 0 aliphatic rings. The topological polar surface area (TPSA) is 74.6 Å². The van der Waals surface area contributed by atoms with Crippen molar-refractivity contribution in [2.24, 2.45) is 0 Å². The van der Waals surface area contributed by atoms with Crippen molar-refractivity contribution in [3.05, 3.63) is 0 Å². The number of aliphatic hydroxyl groups is 1. The molecule has 0 bridgehead atoms. The van der Waals surface area contributed by atoms with E-state index in [1.807, 2.05) is 0 Å². The minimum absolute atomic E-state index is 0.252. The summed E-state index contributed by atoms with van der Waals surface area (Å²) in [4.78, 5) is 0. The number of rotatable bonds is 2. The molecular formula is C3H5ClF2O4S. The van der Waals surface area contributed by atoms with Gasteiger partial charge in [-0.15, -0.1) is 0 Å². The highest BCUT2D eigenvalue weighted by Gasteiger charge is 2.58. The molecule has 11 heavy (non-hydrogen) atoms. The Kier molecular flexibility index (Phi) is 2.52. The monoisotopic (exact) mass is 210 g/mol. The van der Waals surface area contributed by atoms with Gasteiger partial charge in [0.15, 0.2) is 0 Å². The highest BCUT2D eigenvalue weighted by atomic mass is 35.5. The first-order chi connectivity index (χ1) is 4.50. The standard InChI is InChI=1S/C3H5ClF2O4S/c1-2(4,5)3(6,7)11(8,9)10/h7H,1H3,(H,8,9,10). The zero-order valence-corrected chi connectivity index (χ0v) is 6.83. The maximum Gasteiger partial charge on any atom is 0.381 e. The SMILES string of the molecule is CC(F)(Cl)C(O)(F)S(=O)(=O)O. The fourth-order valence-electron chi connectivity index (χ4n) is 0.226. The zero-order valence-electron chi connectivity index (χ0n) is 5.25. The summed E-state index contributed by atoms with van der Waals surface area (Å²) in [5, 5.41) is 0.0808. The molecule has 8 heteroatoms. The number of hydrogen-bond acceptors (Lipinski definition) is 3. The molecule has 0 amide bonds. The second-order valence-electron chi connectivity index (χ2n) is 1.92. The fourth-order valence-corrected chi connectivity index (χ4v) is 0.972. The summed E-state index contributed by atoms with van der Waals surface area (Å²) >= 11 is 4.48. The van der Waals surface area contributed by atoms with Gasteiger partial charge in [0, 0.05) is 0 Å². The first kappa shape index (κ1) is 11.0. The van der Waals surface area contributed by atoms with Crippen molar-refractivity contribution < 1.29 is 26.9 Å². The van der Waals surface area contributed by atoms with E-state index in [1.54, 1.807) is 0 Å². The molecule has 0 aromatic heterocycles. The van der Waals surface area contributed by atoms with Crippen LogP contribution in [-0.2, 0) is 10.1 Å². The molecule has 2 unspecified atom stereocenters. The van der Waals surface area contributed by atoms with Gasteiger partial charge in [0.2, 0.25) is 0 Å². The predicted octanol–water partition coefficient (Wildman–Crippen LogP) is 0.414. The van der Waals surface area contributed by atoms with Crippen molar-refractivity contribution in [2.45, 2.75) is 17.2 Å². The summed E-state index contributed by atoms with van der Waals surface area (Å²) in [6, 6.07) is 0. The Labute approximate surface area is 66.5 Å². The molecule has 0 aliphatic carbocycles. The van der Waals surface area contributed by atoms with Gasteiger partial charge in [-0.3, -0.25) is 4.55 Å². The molecule has 0 rings (SSSR count). The van der Waals surface area contributed by atoms with E-state index in [0.29, 0.717) is 0 Å². The van der Waals surface area contributed by atoms with Crippen LogP contribution < -0.4 is 0 Å². The quantitative estimate of drug-likeness (QED) is 0.512. The Bertz CT molecular complexity index is 241. The Morgan fingerprint density at radius 3 is 1.73 bits per heavy atom. The lowest BCUT2D eigenvalue weighted by Gasteiger charge is -2.22. The van der Waals surface area contributed by atoms with Gasteiger partial charge >= 0.3 is 15.3 Å². The average molecular weight is 211 g/mol. The third-order valence-electron chi connectivity index (χ3n) is 0.883. The lowest BCUT2D eigenvalue weighted by atomic mass is 10.4. The first-order valence-electron chi connectivity index (χ1n) is 2.26. The average Bonchev–Trinajstić information content (AvgIpc) is 1.58. The predicted molar refractivity (Wildman–Crippen MR) is 33.0 cm³/mol. The molecule has 0 heterocycles. The Hall–Kier alpha value is 0.0200. The molecule has 2 N–H and O–H groups in total. The molecule has 0 saturated carbocycles. The van der Waals surface area contributed by atoms with Crippen LogP contribution >= 0.6 is 11.6 Å². The van der Waals surface area contributed by atoms with E-state index in [1.165, 1.54) is 0 Å². The van der Waals surface area contributed by atoms with Crippen LogP contribution in [0.4, 0.5) is 8.78 Å². The number of hydrogen-bond donors (Lipinski definition) is 2. The molecule has 4 nitrogen and oxygen atoms in total. The van der Waals surface area contributed by atoms with Crippen molar-refractivity contribution in [3.8, 4) is 0 Å². The van der Waals surface area contributed by atoms with Crippen LogP contribution in [0.5, 0.6) is 0 Å². The lowest BCUT2D eigenvalue weighted by Crippen LogP contribution is -2.47. The van der Waals surface area contributed by atoms with Gasteiger partial charge < -0.3 is 5.11 Å². The molecule has 0 spiro atoms. The van der Waals surface area contributed by atoms with Crippen LogP contribution in [0.3, 0.4) is 0 Å². The molecule has 0 fully saturated rings. The summed E-state index contributed by atoms with van der Waals surface area (Å²) in [6.07, 6.45) is 0. The second-order valence-corrected chi connectivity index (χ2v) is 4.13. The van der Waals surface area contributed by atoms with Crippen LogP contribution in [0, 0.1) is 0 Å². The first-order valence-corrected chi connectivity index (χ1v) is 4.08. The van der Waals surface area contributed by atoms with Crippen LogP contribution in [-0.4, -0.2) is 28.4 Å². The van der Waals surface area contributed by atoms with Crippen molar-refractivity contribution in [1.82, 2.24) is 0 Å². The molecular weight excluding hydrogens is 206 g/mol. The van der Waals surface area contributed by atoms with Crippen LogP contribution in [0.2, 0.25) is 0 Å². The summed E-state index contributed by atoms with van der Waals surface area (Å²) in [5.74, 6) is 0. The van der Waals surface area contributed by atoms with E-state index >= 15 is 0 Å². The van der Waals surface area contributed by atoms with Gasteiger partial charge in [-0.1, -0.05) is 11.6 Å². The van der Waals surface area contributed by atoms with Crippen LogP contribution in [0.25, 0.3) is 0 Å². The van der Waals surface area contributed by atoms with Crippen LogP contribution in [0.15, 0.2) is 0 Å². The van der Waals surface area contributed by atoms with E-state index in [4.69, 9.17) is 9.66 Å². The summed E-state index contributed by atoms with van der Waals surface area (Å²) < 4.78 is 52.3. The fraction of sp³-hybridized carbons (Fsp3) is 1.00. The molecule has 0 aromatic carbocycles. The maximum absolute atomic E-state index is 12.3.